The number of hydrogen-bond acceptors (Lipinski definition) is 7. The van der Waals surface area contributed by atoms with Gasteiger partial charge in [-0.1, -0.05) is 12.1 Å². The molecule has 3 heterocycles. The zero-order chi connectivity index (χ0) is 19.7. The van der Waals surface area contributed by atoms with Crippen LogP contribution in [-0.4, -0.2) is 61.2 Å². The molecule has 8 nitrogen and oxygen atoms in total. The number of para-hydroxylation sites is 1. The summed E-state index contributed by atoms with van der Waals surface area (Å²) in [6, 6.07) is 7.32. The van der Waals surface area contributed by atoms with E-state index >= 15 is 0 Å². The van der Waals surface area contributed by atoms with Gasteiger partial charge >= 0.3 is 0 Å². The number of rotatable bonds is 5. The third kappa shape index (κ3) is 3.45. The van der Waals surface area contributed by atoms with Crippen LogP contribution >= 0.6 is 0 Å². The highest BCUT2D eigenvalue weighted by molar-refractivity contribution is 5.97. The molecular formula is C20H22N4O4. The van der Waals surface area contributed by atoms with Gasteiger partial charge in [0.15, 0.2) is 22.9 Å². The average molecular weight is 382 g/mol. The van der Waals surface area contributed by atoms with Gasteiger partial charge in [0.1, 0.15) is 6.10 Å². The molecule has 8 heteroatoms. The molecule has 1 aliphatic rings. The van der Waals surface area contributed by atoms with E-state index in [1.54, 1.807) is 30.5 Å². The first-order valence-corrected chi connectivity index (χ1v) is 9.07. The Morgan fingerprint density at radius 2 is 2.18 bits per heavy atom. The Morgan fingerprint density at radius 3 is 2.96 bits per heavy atom. The number of anilines is 1. The summed E-state index contributed by atoms with van der Waals surface area (Å²) >= 11 is 0. The summed E-state index contributed by atoms with van der Waals surface area (Å²) in [4.78, 5) is 25.0. The van der Waals surface area contributed by atoms with E-state index in [1.807, 2.05) is 37.2 Å². The lowest BCUT2D eigenvalue weighted by molar-refractivity contribution is 0.0742. The minimum atomic E-state index is -0.155. The molecule has 1 aromatic carbocycles. The van der Waals surface area contributed by atoms with Gasteiger partial charge in [0, 0.05) is 32.4 Å². The predicted molar refractivity (Wildman–Crippen MR) is 104 cm³/mol. The maximum absolute atomic E-state index is 12.9. The molecule has 2 aromatic heterocycles. The molecule has 0 radical (unpaired) electrons. The van der Waals surface area contributed by atoms with Gasteiger partial charge in [-0.15, -0.1) is 0 Å². The lowest BCUT2D eigenvalue weighted by Crippen LogP contribution is -2.30. The number of likely N-dealkylation sites (tertiary alicyclic amines) is 1. The molecule has 146 valence electrons. The van der Waals surface area contributed by atoms with Crippen LogP contribution < -0.4 is 14.4 Å². The fourth-order valence-corrected chi connectivity index (χ4v) is 3.25. The van der Waals surface area contributed by atoms with Crippen molar-refractivity contribution < 1.29 is 18.7 Å². The topological polar surface area (TPSA) is 80.9 Å². The van der Waals surface area contributed by atoms with Gasteiger partial charge in [-0.05, 0) is 12.1 Å². The fourth-order valence-electron chi connectivity index (χ4n) is 3.25. The molecule has 1 unspecified atom stereocenters. The van der Waals surface area contributed by atoms with E-state index in [1.165, 1.54) is 0 Å². The Kier molecular flexibility index (Phi) is 4.77. The molecule has 0 aliphatic carbocycles. The SMILES string of the molecule is COc1cccc2cc(C(=O)N3CCC(Oc4cncc(N(C)C)n4)C3)oc12. The second kappa shape index (κ2) is 7.38. The zero-order valence-electron chi connectivity index (χ0n) is 16.1. The Balaban J connectivity index is 1.45. The lowest BCUT2D eigenvalue weighted by atomic mass is 10.2. The summed E-state index contributed by atoms with van der Waals surface area (Å²) in [5, 5.41) is 0.838. The number of ether oxygens (including phenoxy) is 2. The first-order chi connectivity index (χ1) is 13.5. The minimum absolute atomic E-state index is 0.130. The van der Waals surface area contributed by atoms with Crippen molar-refractivity contribution in [3.63, 3.8) is 0 Å². The monoisotopic (exact) mass is 382 g/mol. The molecule has 1 fully saturated rings. The van der Waals surface area contributed by atoms with E-state index in [9.17, 15) is 4.79 Å². The first kappa shape index (κ1) is 18.1. The number of nitrogens with zero attached hydrogens (tertiary/aromatic N) is 4. The molecular weight excluding hydrogens is 360 g/mol. The van der Waals surface area contributed by atoms with E-state index in [4.69, 9.17) is 13.9 Å². The van der Waals surface area contributed by atoms with Gasteiger partial charge in [0.05, 0.1) is 26.0 Å². The van der Waals surface area contributed by atoms with E-state index in [0.29, 0.717) is 36.1 Å². The van der Waals surface area contributed by atoms with E-state index in [-0.39, 0.29) is 12.0 Å². The highest BCUT2D eigenvalue weighted by atomic mass is 16.5. The van der Waals surface area contributed by atoms with E-state index in [0.717, 1.165) is 17.6 Å². The Labute approximate surface area is 162 Å². The Morgan fingerprint density at radius 1 is 1.32 bits per heavy atom. The fraction of sp³-hybridized carbons (Fsp3) is 0.350. The van der Waals surface area contributed by atoms with Crippen molar-refractivity contribution in [2.75, 3.05) is 39.2 Å². The van der Waals surface area contributed by atoms with Crippen LogP contribution in [0.15, 0.2) is 41.1 Å². The van der Waals surface area contributed by atoms with E-state index < -0.39 is 0 Å². The number of hydrogen-bond donors (Lipinski definition) is 0. The van der Waals surface area contributed by atoms with Gasteiger partial charge in [-0.25, -0.2) is 0 Å². The number of fused-ring (bicyclic) bond motifs is 1. The Hall–Kier alpha value is -3.29. The van der Waals surface area contributed by atoms with Gasteiger partial charge in [0.2, 0.25) is 5.88 Å². The normalized spacial score (nSPS) is 16.4. The standard InChI is InChI=1S/C20H22N4O4/c1-23(2)17-10-21-11-18(22-17)27-14-7-8-24(12-14)20(25)16-9-13-5-4-6-15(26-3)19(13)28-16/h4-6,9-11,14H,7-8,12H2,1-3H3. The summed E-state index contributed by atoms with van der Waals surface area (Å²) in [5.41, 5.74) is 0.580. The molecule has 1 amide bonds. The number of aromatic nitrogens is 2. The number of amides is 1. The lowest BCUT2D eigenvalue weighted by Gasteiger charge is -2.16. The van der Waals surface area contributed by atoms with Gasteiger partial charge < -0.3 is 23.7 Å². The van der Waals surface area contributed by atoms with Gasteiger partial charge in [0.25, 0.3) is 5.91 Å². The molecule has 4 rings (SSSR count). The molecule has 0 spiro atoms. The van der Waals surface area contributed by atoms with Gasteiger partial charge in [-0.3, -0.25) is 9.78 Å². The quantitative estimate of drug-likeness (QED) is 0.671. The minimum Gasteiger partial charge on any atom is -0.493 e. The third-order valence-corrected chi connectivity index (χ3v) is 4.72. The third-order valence-electron chi connectivity index (χ3n) is 4.72. The van der Waals surface area contributed by atoms with Crippen LogP contribution in [-0.2, 0) is 0 Å². The second-order valence-electron chi connectivity index (χ2n) is 6.88. The zero-order valence-corrected chi connectivity index (χ0v) is 16.1. The molecule has 0 N–H and O–H groups in total. The molecule has 1 atom stereocenters. The number of carbonyl (C=O) groups excluding carboxylic acids is 1. The summed E-state index contributed by atoms with van der Waals surface area (Å²) < 4.78 is 17.0. The Bertz CT molecular complexity index is 1000. The van der Waals surface area contributed by atoms with Crippen molar-refractivity contribution in [2.45, 2.75) is 12.5 Å². The van der Waals surface area contributed by atoms with Crippen molar-refractivity contribution in [3.8, 4) is 11.6 Å². The van der Waals surface area contributed by atoms with Gasteiger partial charge in [-0.2, -0.15) is 4.98 Å². The number of methoxy groups -OCH3 is 1. The van der Waals surface area contributed by atoms with Crippen LogP contribution in [0.4, 0.5) is 5.82 Å². The summed E-state index contributed by atoms with van der Waals surface area (Å²) in [7, 11) is 5.37. The molecule has 0 saturated carbocycles. The van der Waals surface area contributed by atoms with Crippen molar-refractivity contribution in [1.29, 1.82) is 0 Å². The number of furan rings is 1. The number of benzene rings is 1. The highest BCUT2D eigenvalue weighted by Gasteiger charge is 2.30. The number of carbonyl (C=O) groups is 1. The van der Waals surface area contributed by atoms with Crippen LogP contribution in [0, 0.1) is 0 Å². The molecule has 0 bridgehead atoms. The van der Waals surface area contributed by atoms with Crippen LogP contribution in [0.1, 0.15) is 17.0 Å². The highest BCUT2D eigenvalue weighted by Crippen LogP contribution is 2.29. The smallest absolute Gasteiger partial charge is 0.289 e. The molecule has 1 aliphatic heterocycles. The van der Waals surface area contributed by atoms with Crippen molar-refractivity contribution in [1.82, 2.24) is 14.9 Å². The van der Waals surface area contributed by atoms with E-state index in [2.05, 4.69) is 9.97 Å². The van der Waals surface area contributed by atoms with Crippen LogP contribution in [0.2, 0.25) is 0 Å². The first-order valence-electron chi connectivity index (χ1n) is 9.07. The summed E-state index contributed by atoms with van der Waals surface area (Å²) in [6.45, 7) is 1.07. The average Bonchev–Trinajstić information content (AvgIpc) is 3.34. The molecule has 28 heavy (non-hydrogen) atoms. The summed E-state index contributed by atoms with van der Waals surface area (Å²) in [5.74, 6) is 1.93. The molecule has 3 aromatic rings. The van der Waals surface area contributed by atoms with Crippen molar-refractivity contribution >= 4 is 22.7 Å². The van der Waals surface area contributed by atoms with Crippen molar-refractivity contribution in [3.05, 3.63) is 42.4 Å². The maximum Gasteiger partial charge on any atom is 0.289 e. The van der Waals surface area contributed by atoms with Crippen LogP contribution in [0.3, 0.4) is 0 Å². The van der Waals surface area contributed by atoms with Crippen LogP contribution in [0.5, 0.6) is 11.6 Å². The second-order valence-corrected chi connectivity index (χ2v) is 6.88. The summed E-state index contributed by atoms with van der Waals surface area (Å²) in [6.07, 6.45) is 3.86. The van der Waals surface area contributed by atoms with Crippen LogP contribution in [0.25, 0.3) is 11.0 Å². The van der Waals surface area contributed by atoms with Crippen molar-refractivity contribution in [2.24, 2.45) is 0 Å². The predicted octanol–water partition coefficient (Wildman–Crippen LogP) is 2.59. The largest absolute Gasteiger partial charge is 0.493 e. The maximum atomic E-state index is 12.9. The molecule has 1 saturated heterocycles.